The van der Waals surface area contributed by atoms with Crippen LogP contribution in [0.3, 0.4) is 0 Å². The molecule has 33 heavy (non-hydrogen) atoms. The number of nitrogens with zero attached hydrogens (tertiary/aromatic N) is 5. The van der Waals surface area contributed by atoms with Crippen molar-refractivity contribution in [2.24, 2.45) is 7.05 Å². The van der Waals surface area contributed by atoms with E-state index in [1.54, 1.807) is 32.7 Å². The number of methoxy groups -OCH3 is 2. The minimum atomic E-state index is -0.220. The number of anilines is 1. The summed E-state index contributed by atoms with van der Waals surface area (Å²) in [4.78, 5) is 28.3. The van der Waals surface area contributed by atoms with Crippen LogP contribution in [0, 0.1) is 0 Å². The highest BCUT2D eigenvalue weighted by Crippen LogP contribution is 2.36. The van der Waals surface area contributed by atoms with Crippen LogP contribution in [0.1, 0.15) is 16.2 Å². The van der Waals surface area contributed by atoms with Gasteiger partial charge in [0.25, 0.3) is 5.91 Å². The molecule has 1 amide bonds. The van der Waals surface area contributed by atoms with E-state index in [1.165, 1.54) is 0 Å². The van der Waals surface area contributed by atoms with E-state index in [0.29, 0.717) is 28.7 Å². The van der Waals surface area contributed by atoms with E-state index in [-0.39, 0.29) is 12.5 Å². The van der Waals surface area contributed by atoms with Crippen LogP contribution < -0.4 is 19.7 Å². The smallest absolute Gasteiger partial charge is 0.268 e. The van der Waals surface area contributed by atoms with Gasteiger partial charge in [0.15, 0.2) is 17.3 Å². The number of carbonyl (C=O) groups excluding carboxylic acids is 1. The standard InChI is InChI=1S/C24H26N6O3/c1-29(2)21-11-16(27-23(28-21)15-7-6-10-25-13-15)14-26-24(31)19-12-17-18(30(19)3)8-9-20(32-4)22(17)33-5/h6-13H,14H2,1-5H3,(H,26,31). The number of rotatable bonds is 7. The van der Waals surface area contributed by atoms with Crippen molar-refractivity contribution in [1.29, 1.82) is 0 Å². The molecular formula is C24H26N6O3. The zero-order valence-electron chi connectivity index (χ0n) is 19.3. The summed E-state index contributed by atoms with van der Waals surface area (Å²) >= 11 is 0. The van der Waals surface area contributed by atoms with Crippen LogP contribution in [-0.2, 0) is 13.6 Å². The molecule has 1 aromatic carbocycles. The number of amides is 1. The number of aryl methyl sites for hydroxylation is 1. The van der Waals surface area contributed by atoms with Gasteiger partial charge in [-0.25, -0.2) is 9.97 Å². The van der Waals surface area contributed by atoms with Crippen molar-refractivity contribution in [1.82, 2.24) is 24.8 Å². The Kier molecular flexibility index (Phi) is 6.12. The van der Waals surface area contributed by atoms with Crippen LogP contribution in [0.15, 0.2) is 48.8 Å². The number of nitrogens with one attached hydrogen (secondary N) is 1. The van der Waals surface area contributed by atoms with Crippen LogP contribution >= 0.6 is 0 Å². The number of hydrogen-bond donors (Lipinski definition) is 1. The van der Waals surface area contributed by atoms with Crippen molar-refractivity contribution in [3.05, 3.63) is 60.2 Å². The van der Waals surface area contributed by atoms with E-state index >= 15 is 0 Å². The molecule has 0 unspecified atom stereocenters. The van der Waals surface area contributed by atoms with Crippen LogP contribution in [0.4, 0.5) is 5.82 Å². The number of pyridine rings is 1. The van der Waals surface area contributed by atoms with Crippen molar-refractivity contribution in [3.8, 4) is 22.9 Å². The Hall–Kier alpha value is -4.14. The maximum Gasteiger partial charge on any atom is 0.268 e. The zero-order valence-corrected chi connectivity index (χ0v) is 19.3. The van der Waals surface area contributed by atoms with Crippen molar-refractivity contribution < 1.29 is 14.3 Å². The molecule has 0 fully saturated rings. The Morgan fingerprint density at radius 1 is 1.12 bits per heavy atom. The summed E-state index contributed by atoms with van der Waals surface area (Å²) in [7, 11) is 8.84. The number of aromatic nitrogens is 4. The Balaban J connectivity index is 1.62. The Labute approximate surface area is 192 Å². The van der Waals surface area contributed by atoms with Crippen LogP contribution in [-0.4, -0.2) is 53.7 Å². The van der Waals surface area contributed by atoms with Gasteiger partial charge in [-0.05, 0) is 30.3 Å². The van der Waals surface area contributed by atoms with E-state index in [9.17, 15) is 4.79 Å². The third-order valence-electron chi connectivity index (χ3n) is 5.37. The second-order valence-electron chi connectivity index (χ2n) is 7.68. The molecule has 0 aliphatic heterocycles. The van der Waals surface area contributed by atoms with Crippen LogP contribution in [0.2, 0.25) is 0 Å². The predicted octanol–water partition coefficient (Wildman–Crippen LogP) is 3.04. The second-order valence-corrected chi connectivity index (χ2v) is 7.68. The number of benzene rings is 1. The van der Waals surface area contributed by atoms with E-state index in [2.05, 4.69) is 20.3 Å². The molecule has 170 valence electrons. The Bertz CT molecular complexity index is 1300. The summed E-state index contributed by atoms with van der Waals surface area (Å²) in [6.45, 7) is 0.247. The van der Waals surface area contributed by atoms with Gasteiger partial charge in [-0.15, -0.1) is 0 Å². The van der Waals surface area contributed by atoms with Gasteiger partial charge >= 0.3 is 0 Å². The first kappa shape index (κ1) is 22.1. The second kappa shape index (κ2) is 9.15. The lowest BCUT2D eigenvalue weighted by atomic mass is 10.2. The Morgan fingerprint density at radius 3 is 2.61 bits per heavy atom. The molecule has 0 bridgehead atoms. The predicted molar refractivity (Wildman–Crippen MR) is 127 cm³/mol. The fourth-order valence-corrected chi connectivity index (χ4v) is 3.64. The highest BCUT2D eigenvalue weighted by molar-refractivity contribution is 6.01. The first-order valence-corrected chi connectivity index (χ1v) is 10.4. The van der Waals surface area contributed by atoms with E-state index in [4.69, 9.17) is 9.47 Å². The van der Waals surface area contributed by atoms with Gasteiger partial charge < -0.3 is 24.3 Å². The molecule has 0 radical (unpaired) electrons. The molecule has 9 heteroatoms. The maximum atomic E-state index is 13.1. The lowest BCUT2D eigenvalue weighted by Gasteiger charge is -2.14. The van der Waals surface area contributed by atoms with E-state index < -0.39 is 0 Å². The SMILES string of the molecule is COc1ccc2c(cc(C(=O)NCc3cc(N(C)C)nc(-c4cccnc4)n3)n2C)c1OC. The summed E-state index contributed by atoms with van der Waals surface area (Å²) < 4.78 is 12.7. The normalized spacial score (nSPS) is 10.8. The van der Waals surface area contributed by atoms with Gasteiger partial charge in [0.1, 0.15) is 11.5 Å². The van der Waals surface area contributed by atoms with E-state index in [0.717, 1.165) is 22.3 Å². The van der Waals surface area contributed by atoms with Crippen LogP contribution in [0.25, 0.3) is 22.3 Å². The minimum Gasteiger partial charge on any atom is -0.493 e. The summed E-state index contributed by atoms with van der Waals surface area (Å²) in [6, 6.07) is 11.1. The number of ether oxygens (including phenoxy) is 2. The highest BCUT2D eigenvalue weighted by Gasteiger charge is 2.19. The third kappa shape index (κ3) is 4.30. The fourth-order valence-electron chi connectivity index (χ4n) is 3.64. The molecule has 1 N–H and O–H groups in total. The quantitative estimate of drug-likeness (QED) is 0.466. The van der Waals surface area contributed by atoms with Crippen molar-refractivity contribution in [2.75, 3.05) is 33.2 Å². The average molecular weight is 447 g/mol. The first-order chi connectivity index (χ1) is 15.9. The number of fused-ring (bicyclic) bond motifs is 1. The zero-order chi connectivity index (χ0) is 23.5. The molecule has 0 atom stereocenters. The van der Waals surface area contributed by atoms with Crippen molar-refractivity contribution in [2.45, 2.75) is 6.54 Å². The average Bonchev–Trinajstić information content (AvgIpc) is 3.18. The minimum absolute atomic E-state index is 0.220. The van der Waals surface area contributed by atoms with Crippen molar-refractivity contribution in [3.63, 3.8) is 0 Å². The molecule has 0 saturated carbocycles. The number of carbonyl (C=O) groups is 1. The highest BCUT2D eigenvalue weighted by atomic mass is 16.5. The summed E-state index contributed by atoms with van der Waals surface area (Å²) in [5, 5.41) is 3.78. The molecule has 4 aromatic rings. The fraction of sp³-hybridized carbons (Fsp3) is 0.250. The van der Waals surface area contributed by atoms with Crippen LogP contribution in [0.5, 0.6) is 11.5 Å². The van der Waals surface area contributed by atoms with Gasteiger partial charge in [0, 0.05) is 50.6 Å². The first-order valence-electron chi connectivity index (χ1n) is 10.4. The monoisotopic (exact) mass is 446 g/mol. The largest absolute Gasteiger partial charge is 0.493 e. The van der Waals surface area contributed by atoms with Gasteiger partial charge in [0.2, 0.25) is 0 Å². The van der Waals surface area contributed by atoms with Gasteiger partial charge in [-0.3, -0.25) is 9.78 Å². The topological polar surface area (TPSA) is 94.4 Å². The molecule has 0 aliphatic carbocycles. The molecule has 9 nitrogen and oxygen atoms in total. The molecule has 0 aliphatic rings. The van der Waals surface area contributed by atoms with Gasteiger partial charge in [-0.2, -0.15) is 0 Å². The number of hydrogen-bond acceptors (Lipinski definition) is 7. The lowest BCUT2D eigenvalue weighted by Crippen LogP contribution is -2.25. The molecular weight excluding hydrogens is 420 g/mol. The summed E-state index contributed by atoms with van der Waals surface area (Å²) in [6.07, 6.45) is 3.42. The summed E-state index contributed by atoms with van der Waals surface area (Å²) in [5.74, 6) is 2.29. The van der Waals surface area contributed by atoms with Crippen molar-refractivity contribution >= 4 is 22.6 Å². The van der Waals surface area contributed by atoms with E-state index in [1.807, 2.05) is 60.9 Å². The molecule has 0 spiro atoms. The lowest BCUT2D eigenvalue weighted by molar-refractivity contribution is 0.0942. The Morgan fingerprint density at radius 2 is 1.94 bits per heavy atom. The third-order valence-corrected chi connectivity index (χ3v) is 5.37. The van der Waals surface area contributed by atoms with Gasteiger partial charge in [-0.1, -0.05) is 0 Å². The maximum absolute atomic E-state index is 13.1. The van der Waals surface area contributed by atoms with Gasteiger partial charge in [0.05, 0.1) is 32.0 Å². The molecule has 3 aromatic heterocycles. The summed E-state index contributed by atoms with van der Waals surface area (Å²) in [5.41, 5.74) is 2.88. The molecule has 0 saturated heterocycles. The molecule has 3 heterocycles. The molecule has 4 rings (SSSR count).